The Bertz CT molecular complexity index is 901. The van der Waals surface area contributed by atoms with Gasteiger partial charge in [0.1, 0.15) is 17.6 Å². The van der Waals surface area contributed by atoms with E-state index < -0.39 is 5.82 Å². The maximum atomic E-state index is 13.2. The molecule has 0 saturated carbocycles. The van der Waals surface area contributed by atoms with Gasteiger partial charge in [-0.15, -0.1) is 0 Å². The van der Waals surface area contributed by atoms with Crippen molar-refractivity contribution in [3.05, 3.63) is 58.0 Å². The van der Waals surface area contributed by atoms with Gasteiger partial charge in [0.2, 0.25) is 0 Å². The van der Waals surface area contributed by atoms with E-state index in [4.69, 9.17) is 11.6 Å². The first-order chi connectivity index (χ1) is 10.1. The largest absolute Gasteiger partial charge is 0.305 e. The quantitative estimate of drug-likeness (QED) is 0.697. The Hall–Kier alpha value is -2.47. The van der Waals surface area contributed by atoms with Gasteiger partial charge in [-0.2, -0.15) is 5.10 Å². The monoisotopic (exact) mass is 305 g/mol. The molecule has 7 heteroatoms. The molecular weight excluding hydrogens is 297 g/mol. The SMILES string of the molecule is O=CCn1ccn2ncc(-c3ccc(F)c(Cl)c3)c2c1=O. The predicted octanol–water partition coefficient (Wildman–Crippen LogP) is 2.15. The van der Waals surface area contributed by atoms with Crippen LogP contribution in [0.3, 0.4) is 0 Å². The zero-order chi connectivity index (χ0) is 15.0. The van der Waals surface area contributed by atoms with Gasteiger partial charge < -0.3 is 9.36 Å². The number of aromatic nitrogens is 3. The highest BCUT2D eigenvalue weighted by atomic mass is 35.5. The molecule has 2 aromatic heterocycles. The number of rotatable bonds is 3. The summed E-state index contributed by atoms with van der Waals surface area (Å²) < 4.78 is 15.9. The first-order valence-corrected chi connectivity index (χ1v) is 6.45. The van der Waals surface area contributed by atoms with Gasteiger partial charge in [0.15, 0.2) is 0 Å². The van der Waals surface area contributed by atoms with Gasteiger partial charge in [0.05, 0.1) is 17.8 Å². The second kappa shape index (κ2) is 5.14. The number of aldehydes is 1. The Labute approximate surface area is 123 Å². The predicted molar refractivity (Wildman–Crippen MR) is 75.9 cm³/mol. The minimum absolute atomic E-state index is 0.0315. The average Bonchev–Trinajstić information content (AvgIpc) is 2.90. The smallest absolute Gasteiger partial charge is 0.277 e. The summed E-state index contributed by atoms with van der Waals surface area (Å²) in [5.74, 6) is -0.532. The summed E-state index contributed by atoms with van der Waals surface area (Å²) in [6.45, 7) is -0.0376. The van der Waals surface area contributed by atoms with Gasteiger partial charge in [0, 0.05) is 18.0 Å². The average molecular weight is 306 g/mol. The van der Waals surface area contributed by atoms with E-state index in [1.807, 2.05) is 0 Å². The normalized spacial score (nSPS) is 11.0. The van der Waals surface area contributed by atoms with Crippen LogP contribution in [0.5, 0.6) is 0 Å². The molecule has 0 radical (unpaired) electrons. The number of benzene rings is 1. The number of carbonyl (C=O) groups excluding carboxylic acids is 1. The Morgan fingerprint density at radius 2 is 2.14 bits per heavy atom. The molecule has 5 nitrogen and oxygen atoms in total. The van der Waals surface area contributed by atoms with E-state index in [0.717, 1.165) is 0 Å². The summed E-state index contributed by atoms with van der Waals surface area (Å²) in [4.78, 5) is 23.0. The highest BCUT2D eigenvalue weighted by Crippen LogP contribution is 2.26. The van der Waals surface area contributed by atoms with E-state index in [2.05, 4.69) is 5.10 Å². The molecule has 0 saturated heterocycles. The molecule has 0 amide bonds. The van der Waals surface area contributed by atoms with Gasteiger partial charge in [-0.25, -0.2) is 8.91 Å². The van der Waals surface area contributed by atoms with Crippen molar-refractivity contribution in [2.24, 2.45) is 0 Å². The third-order valence-corrected chi connectivity index (χ3v) is 3.44. The molecule has 3 aromatic rings. The van der Waals surface area contributed by atoms with Crippen LogP contribution in [0.25, 0.3) is 16.6 Å². The van der Waals surface area contributed by atoms with E-state index in [1.54, 1.807) is 6.20 Å². The molecule has 0 spiro atoms. The van der Waals surface area contributed by atoms with Crippen LogP contribution in [-0.2, 0) is 11.3 Å². The van der Waals surface area contributed by atoms with Crippen LogP contribution in [-0.4, -0.2) is 20.5 Å². The van der Waals surface area contributed by atoms with E-state index in [9.17, 15) is 14.0 Å². The lowest BCUT2D eigenvalue weighted by Gasteiger charge is -2.04. The number of hydrogen-bond donors (Lipinski definition) is 0. The van der Waals surface area contributed by atoms with Crippen LogP contribution < -0.4 is 5.56 Å². The molecule has 0 aliphatic rings. The van der Waals surface area contributed by atoms with Crippen molar-refractivity contribution in [3.63, 3.8) is 0 Å². The highest BCUT2D eigenvalue weighted by molar-refractivity contribution is 6.31. The van der Waals surface area contributed by atoms with Crippen molar-refractivity contribution in [1.82, 2.24) is 14.2 Å². The lowest BCUT2D eigenvalue weighted by atomic mass is 10.1. The van der Waals surface area contributed by atoms with Crippen molar-refractivity contribution in [2.45, 2.75) is 6.54 Å². The molecule has 0 fully saturated rings. The first-order valence-electron chi connectivity index (χ1n) is 6.07. The zero-order valence-corrected chi connectivity index (χ0v) is 11.4. The Balaban J connectivity index is 2.27. The Morgan fingerprint density at radius 1 is 1.33 bits per heavy atom. The standard InChI is InChI=1S/C14H9ClFN3O2/c15-11-7-9(1-2-12(11)16)10-8-17-19-4-3-18(5-6-20)14(21)13(10)19/h1-4,6-8H,5H2. The molecule has 3 rings (SSSR count). The maximum Gasteiger partial charge on any atom is 0.277 e. The van der Waals surface area contributed by atoms with Crippen molar-refractivity contribution < 1.29 is 9.18 Å². The second-order valence-electron chi connectivity index (χ2n) is 4.40. The van der Waals surface area contributed by atoms with Gasteiger partial charge in [-0.3, -0.25) is 4.79 Å². The summed E-state index contributed by atoms with van der Waals surface area (Å²) in [7, 11) is 0. The van der Waals surface area contributed by atoms with Gasteiger partial charge >= 0.3 is 0 Å². The van der Waals surface area contributed by atoms with Crippen molar-refractivity contribution in [1.29, 1.82) is 0 Å². The fourth-order valence-corrected chi connectivity index (χ4v) is 2.32. The molecule has 1 aromatic carbocycles. The zero-order valence-electron chi connectivity index (χ0n) is 10.7. The fraction of sp³-hybridized carbons (Fsp3) is 0.0714. The second-order valence-corrected chi connectivity index (χ2v) is 4.81. The van der Waals surface area contributed by atoms with Crippen LogP contribution in [0.1, 0.15) is 0 Å². The highest BCUT2D eigenvalue weighted by Gasteiger charge is 2.13. The van der Waals surface area contributed by atoms with Gasteiger partial charge in [0.25, 0.3) is 5.56 Å². The summed E-state index contributed by atoms with van der Waals surface area (Å²) in [6.07, 6.45) is 5.21. The number of hydrogen-bond acceptors (Lipinski definition) is 3. The molecule has 2 heterocycles. The number of nitrogens with zero attached hydrogens (tertiary/aromatic N) is 3. The lowest BCUT2D eigenvalue weighted by molar-refractivity contribution is -0.108. The fourth-order valence-electron chi connectivity index (χ4n) is 2.13. The van der Waals surface area contributed by atoms with Crippen LogP contribution >= 0.6 is 11.6 Å². The van der Waals surface area contributed by atoms with Crippen LogP contribution in [0.15, 0.2) is 41.6 Å². The first kappa shape index (κ1) is 13.5. The van der Waals surface area contributed by atoms with Crippen LogP contribution in [0.4, 0.5) is 4.39 Å². The summed E-state index contributed by atoms with van der Waals surface area (Å²) >= 11 is 5.77. The molecular formula is C14H9ClFN3O2. The molecule has 0 unspecified atom stereocenters. The summed E-state index contributed by atoms with van der Waals surface area (Å²) in [5.41, 5.74) is 1.07. The van der Waals surface area contributed by atoms with Crippen molar-refractivity contribution in [3.8, 4) is 11.1 Å². The molecule has 21 heavy (non-hydrogen) atoms. The molecule has 0 aliphatic carbocycles. The third-order valence-electron chi connectivity index (χ3n) is 3.15. The van der Waals surface area contributed by atoms with E-state index in [0.29, 0.717) is 22.9 Å². The molecule has 0 aliphatic heterocycles. The maximum absolute atomic E-state index is 13.2. The Morgan fingerprint density at radius 3 is 2.86 bits per heavy atom. The third kappa shape index (κ3) is 2.23. The molecule has 0 atom stereocenters. The number of fused-ring (bicyclic) bond motifs is 1. The van der Waals surface area contributed by atoms with E-state index >= 15 is 0 Å². The van der Waals surface area contributed by atoms with E-state index in [1.165, 1.54) is 39.7 Å². The van der Waals surface area contributed by atoms with Gasteiger partial charge in [-0.05, 0) is 17.7 Å². The number of halogens is 2. The minimum atomic E-state index is -0.532. The van der Waals surface area contributed by atoms with Crippen molar-refractivity contribution in [2.75, 3.05) is 0 Å². The number of carbonyl (C=O) groups is 1. The lowest BCUT2D eigenvalue weighted by Crippen LogP contribution is -2.22. The molecule has 0 N–H and O–H groups in total. The van der Waals surface area contributed by atoms with Gasteiger partial charge in [-0.1, -0.05) is 17.7 Å². The van der Waals surface area contributed by atoms with Crippen LogP contribution in [0.2, 0.25) is 5.02 Å². The molecule has 0 bridgehead atoms. The van der Waals surface area contributed by atoms with Crippen molar-refractivity contribution >= 4 is 23.4 Å². The Kier molecular flexibility index (Phi) is 3.31. The van der Waals surface area contributed by atoms with Crippen LogP contribution in [0, 0.1) is 5.82 Å². The molecule has 106 valence electrons. The topological polar surface area (TPSA) is 56.4 Å². The summed E-state index contributed by atoms with van der Waals surface area (Å²) in [5, 5.41) is 4.06. The summed E-state index contributed by atoms with van der Waals surface area (Å²) in [6, 6.07) is 4.19. The minimum Gasteiger partial charge on any atom is -0.305 e. The van der Waals surface area contributed by atoms with E-state index in [-0.39, 0.29) is 17.1 Å².